The van der Waals surface area contributed by atoms with Gasteiger partial charge < -0.3 is 10.3 Å². The average molecular weight is 342 g/mol. The summed E-state index contributed by atoms with van der Waals surface area (Å²) in [5.74, 6) is 0.974. The van der Waals surface area contributed by atoms with Crippen LogP contribution in [0.2, 0.25) is 0 Å². The molecule has 26 heavy (non-hydrogen) atoms. The summed E-state index contributed by atoms with van der Waals surface area (Å²) < 4.78 is 0. The van der Waals surface area contributed by atoms with Gasteiger partial charge in [-0.1, -0.05) is 18.2 Å². The summed E-state index contributed by atoms with van der Waals surface area (Å²) >= 11 is 0. The number of aryl methyl sites for hydroxylation is 1. The molecule has 0 aliphatic rings. The maximum Gasteiger partial charge on any atom is 0.273 e. The van der Waals surface area contributed by atoms with Crippen LogP contribution in [-0.2, 0) is 0 Å². The maximum absolute atomic E-state index is 12.6. The molecule has 0 fully saturated rings. The number of para-hydroxylation sites is 1. The zero-order chi connectivity index (χ0) is 18.1. The number of fused-ring (bicyclic) bond motifs is 1. The van der Waals surface area contributed by atoms with Crippen LogP contribution in [0, 0.1) is 18.3 Å². The highest BCUT2D eigenvalue weighted by Crippen LogP contribution is 2.23. The lowest BCUT2D eigenvalue weighted by molar-refractivity contribution is 0.102. The summed E-state index contributed by atoms with van der Waals surface area (Å²) in [5.41, 5.74) is 2.81. The fourth-order valence-corrected chi connectivity index (χ4v) is 2.80. The van der Waals surface area contributed by atoms with Crippen molar-refractivity contribution >= 4 is 22.5 Å². The Labute approximate surface area is 148 Å². The molecule has 0 aliphatic carbocycles. The number of carbonyl (C=O) groups excluding carboxylic acids is 1. The van der Waals surface area contributed by atoms with E-state index >= 15 is 0 Å². The molecule has 2 heterocycles. The van der Waals surface area contributed by atoms with Crippen molar-refractivity contribution in [1.82, 2.24) is 20.2 Å². The molecule has 0 radical (unpaired) electrons. The van der Waals surface area contributed by atoms with Gasteiger partial charge in [-0.15, -0.1) is 0 Å². The number of H-pyrrole nitrogens is 2. The summed E-state index contributed by atoms with van der Waals surface area (Å²) in [7, 11) is 0. The van der Waals surface area contributed by atoms with E-state index in [9.17, 15) is 10.1 Å². The highest BCUT2D eigenvalue weighted by molar-refractivity contribution is 6.09. The van der Waals surface area contributed by atoms with E-state index in [2.05, 4.69) is 31.6 Å². The van der Waals surface area contributed by atoms with Gasteiger partial charge in [0.05, 0.1) is 5.56 Å². The molecule has 4 aromatic rings. The Bertz CT molecular complexity index is 1150. The minimum absolute atomic E-state index is 0.252. The van der Waals surface area contributed by atoms with Gasteiger partial charge >= 0.3 is 0 Å². The molecule has 126 valence electrons. The Hall–Kier alpha value is -3.92. The second kappa shape index (κ2) is 6.18. The quantitative estimate of drug-likeness (QED) is 0.530. The van der Waals surface area contributed by atoms with Crippen LogP contribution in [0.25, 0.3) is 22.3 Å². The van der Waals surface area contributed by atoms with Gasteiger partial charge in [-0.05, 0) is 37.3 Å². The van der Waals surface area contributed by atoms with E-state index in [0.717, 1.165) is 22.3 Å². The largest absolute Gasteiger partial charge is 0.349 e. The van der Waals surface area contributed by atoms with Gasteiger partial charge in [-0.2, -0.15) is 10.4 Å². The van der Waals surface area contributed by atoms with Crippen molar-refractivity contribution in [2.75, 3.05) is 5.32 Å². The number of benzene rings is 2. The molecule has 0 saturated carbocycles. The molecule has 4 rings (SSSR count). The van der Waals surface area contributed by atoms with Crippen LogP contribution in [-0.4, -0.2) is 26.1 Å². The molecule has 0 spiro atoms. The summed E-state index contributed by atoms with van der Waals surface area (Å²) in [6.45, 7) is 1.83. The van der Waals surface area contributed by atoms with Crippen LogP contribution in [0.15, 0.2) is 48.5 Å². The molecule has 7 heteroatoms. The Morgan fingerprint density at radius 2 is 1.92 bits per heavy atom. The van der Waals surface area contributed by atoms with Crippen molar-refractivity contribution in [3.63, 3.8) is 0 Å². The van der Waals surface area contributed by atoms with Crippen molar-refractivity contribution in [3.05, 3.63) is 65.6 Å². The number of nitrogens with one attached hydrogen (secondary N) is 3. The summed E-state index contributed by atoms with van der Waals surface area (Å²) in [6, 6.07) is 16.6. The van der Waals surface area contributed by atoms with Crippen LogP contribution >= 0.6 is 0 Å². The van der Waals surface area contributed by atoms with Crippen LogP contribution < -0.4 is 5.32 Å². The van der Waals surface area contributed by atoms with Gasteiger partial charge in [0.15, 0.2) is 5.82 Å². The molecule has 7 nitrogen and oxygen atoms in total. The summed E-state index contributed by atoms with van der Waals surface area (Å²) in [6.07, 6.45) is 0. The second-order valence-corrected chi connectivity index (χ2v) is 5.81. The molecule has 2 aromatic carbocycles. The third kappa shape index (κ3) is 2.70. The van der Waals surface area contributed by atoms with Crippen molar-refractivity contribution in [2.45, 2.75) is 6.92 Å². The highest BCUT2D eigenvalue weighted by Gasteiger charge is 2.17. The second-order valence-electron chi connectivity index (χ2n) is 5.81. The Kier molecular flexibility index (Phi) is 3.71. The van der Waals surface area contributed by atoms with Crippen molar-refractivity contribution in [3.8, 4) is 17.5 Å². The molecule has 0 aliphatic heterocycles. The minimum Gasteiger partial charge on any atom is -0.349 e. The van der Waals surface area contributed by atoms with Gasteiger partial charge in [-0.25, -0.2) is 4.98 Å². The first-order chi connectivity index (χ1) is 12.7. The third-order valence-corrected chi connectivity index (χ3v) is 4.04. The molecule has 2 aromatic heterocycles. The van der Waals surface area contributed by atoms with E-state index in [1.165, 1.54) is 0 Å². The lowest BCUT2D eigenvalue weighted by Gasteiger charge is -2.05. The molecule has 0 unspecified atom stereocenters. The first-order valence-electron chi connectivity index (χ1n) is 7.97. The Balaban J connectivity index is 1.60. The number of hydrogen-bond donors (Lipinski definition) is 3. The van der Waals surface area contributed by atoms with Gasteiger partial charge in [0.1, 0.15) is 17.6 Å². The van der Waals surface area contributed by atoms with E-state index in [4.69, 9.17) is 0 Å². The van der Waals surface area contributed by atoms with Gasteiger partial charge in [0.2, 0.25) is 0 Å². The smallest absolute Gasteiger partial charge is 0.273 e. The van der Waals surface area contributed by atoms with Crippen LogP contribution in [0.1, 0.15) is 21.9 Å². The molecule has 1 amide bonds. The fraction of sp³-hybridized carbons (Fsp3) is 0.0526. The minimum atomic E-state index is -0.362. The van der Waals surface area contributed by atoms with E-state index in [0.29, 0.717) is 17.1 Å². The lowest BCUT2D eigenvalue weighted by Crippen LogP contribution is -2.13. The average Bonchev–Trinajstić information content (AvgIpc) is 3.25. The SMILES string of the molecule is Cc1nc(-c2ccc(NC(=O)c3[nH]c4ccccc4c3C#N)cc2)n[nH]1. The van der Waals surface area contributed by atoms with Crippen LogP contribution in [0.3, 0.4) is 0 Å². The van der Waals surface area contributed by atoms with E-state index in [1.807, 2.05) is 43.3 Å². The fourth-order valence-electron chi connectivity index (χ4n) is 2.80. The molecule has 0 atom stereocenters. The topological polar surface area (TPSA) is 110 Å². The Morgan fingerprint density at radius 1 is 1.15 bits per heavy atom. The molecular formula is C19H14N6O. The van der Waals surface area contributed by atoms with Crippen molar-refractivity contribution < 1.29 is 4.79 Å². The summed E-state index contributed by atoms with van der Waals surface area (Å²) in [5, 5.41) is 19.9. The summed E-state index contributed by atoms with van der Waals surface area (Å²) in [4.78, 5) is 19.9. The van der Waals surface area contributed by atoms with E-state index in [1.54, 1.807) is 12.1 Å². The predicted octanol–water partition coefficient (Wildman–Crippen LogP) is 3.39. The third-order valence-electron chi connectivity index (χ3n) is 4.04. The number of carbonyl (C=O) groups is 1. The van der Waals surface area contributed by atoms with E-state index < -0.39 is 0 Å². The maximum atomic E-state index is 12.6. The standard InChI is InChI=1S/C19H14N6O/c1-11-21-18(25-24-11)12-6-8-13(9-7-12)22-19(26)17-15(10-20)14-4-2-3-5-16(14)23-17/h2-9,23H,1H3,(H,22,26)(H,21,24,25). The molecule has 3 N–H and O–H groups in total. The first kappa shape index (κ1) is 15.6. The number of aromatic nitrogens is 4. The van der Waals surface area contributed by atoms with E-state index in [-0.39, 0.29) is 11.6 Å². The number of anilines is 1. The normalized spacial score (nSPS) is 10.6. The van der Waals surface area contributed by atoms with Crippen molar-refractivity contribution in [2.24, 2.45) is 0 Å². The highest BCUT2D eigenvalue weighted by atomic mass is 16.1. The zero-order valence-electron chi connectivity index (χ0n) is 13.9. The molecular weight excluding hydrogens is 328 g/mol. The Morgan fingerprint density at radius 3 is 2.62 bits per heavy atom. The van der Waals surface area contributed by atoms with Crippen molar-refractivity contribution in [1.29, 1.82) is 5.26 Å². The number of nitrogens with zero attached hydrogens (tertiary/aromatic N) is 3. The van der Waals surface area contributed by atoms with Gasteiger partial charge in [-0.3, -0.25) is 9.89 Å². The number of hydrogen-bond acceptors (Lipinski definition) is 4. The monoisotopic (exact) mass is 342 g/mol. The number of amides is 1. The number of aromatic amines is 2. The predicted molar refractivity (Wildman–Crippen MR) is 97.5 cm³/mol. The number of nitriles is 1. The van der Waals surface area contributed by atoms with Gasteiger partial charge in [0, 0.05) is 22.2 Å². The molecule has 0 saturated heterocycles. The zero-order valence-corrected chi connectivity index (χ0v) is 13.9. The number of rotatable bonds is 3. The molecule has 0 bridgehead atoms. The first-order valence-corrected chi connectivity index (χ1v) is 7.97. The van der Waals surface area contributed by atoms with Crippen LogP contribution in [0.4, 0.5) is 5.69 Å². The van der Waals surface area contributed by atoms with Gasteiger partial charge in [0.25, 0.3) is 5.91 Å². The lowest BCUT2D eigenvalue weighted by atomic mass is 10.1. The van der Waals surface area contributed by atoms with Crippen LogP contribution in [0.5, 0.6) is 0 Å².